The number of carbonyl (C=O) groups excluding carboxylic acids is 1. The number of hydrogen-bond acceptors (Lipinski definition) is 4. The molecule has 4 nitrogen and oxygen atoms in total. The summed E-state index contributed by atoms with van der Waals surface area (Å²) in [4.78, 5) is 17.7. The summed E-state index contributed by atoms with van der Waals surface area (Å²) in [6.07, 6.45) is 3.34. The van der Waals surface area contributed by atoms with E-state index in [4.69, 9.17) is 9.47 Å². The van der Waals surface area contributed by atoms with Gasteiger partial charge in [0.05, 0.1) is 12.7 Å². The molecule has 0 saturated carbocycles. The highest BCUT2D eigenvalue weighted by Crippen LogP contribution is 2.12. The molecule has 0 amide bonds. The standard InChI is InChI=1S/C14H13NO3.CH3I/c1-17-13-6-4-12(5-7-13)14(16)18-10-11-3-2-8-15-9-11;1-2/h2-9H,10H2,1H3;1H3. The van der Waals surface area contributed by atoms with Crippen molar-refractivity contribution in [2.24, 2.45) is 0 Å². The summed E-state index contributed by atoms with van der Waals surface area (Å²) in [6.45, 7) is 0.221. The van der Waals surface area contributed by atoms with Crippen molar-refractivity contribution in [2.75, 3.05) is 12.0 Å². The van der Waals surface area contributed by atoms with Gasteiger partial charge in [-0.05, 0) is 35.3 Å². The van der Waals surface area contributed by atoms with Crippen molar-refractivity contribution in [1.29, 1.82) is 0 Å². The van der Waals surface area contributed by atoms with Crippen LogP contribution in [0.15, 0.2) is 48.8 Å². The van der Waals surface area contributed by atoms with E-state index in [0.29, 0.717) is 11.3 Å². The molecule has 0 unspecified atom stereocenters. The molecule has 0 atom stereocenters. The number of carbonyl (C=O) groups is 1. The van der Waals surface area contributed by atoms with Crippen LogP contribution in [0.2, 0.25) is 0 Å². The third-order valence-corrected chi connectivity index (χ3v) is 2.42. The lowest BCUT2D eigenvalue weighted by atomic mass is 10.2. The van der Waals surface area contributed by atoms with E-state index >= 15 is 0 Å². The zero-order chi connectivity index (χ0) is 14.8. The van der Waals surface area contributed by atoms with Gasteiger partial charge in [0.1, 0.15) is 12.4 Å². The van der Waals surface area contributed by atoms with Crippen LogP contribution >= 0.6 is 22.6 Å². The second-order valence-electron chi connectivity index (χ2n) is 3.67. The minimum atomic E-state index is -0.360. The summed E-state index contributed by atoms with van der Waals surface area (Å²) in [5.74, 6) is 0.348. The highest BCUT2D eigenvalue weighted by atomic mass is 127. The van der Waals surface area contributed by atoms with Gasteiger partial charge in [0, 0.05) is 18.0 Å². The second-order valence-corrected chi connectivity index (χ2v) is 3.67. The van der Waals surface area contributed by atoms with Crippen LogP contribution in [-0.4, -0.2) is 23.0 Å². The first-order valence-electron chi connectivity index (χ1n) is 5.87. The fourth-order valence-electron chi connectivity index (χ4n) is 1.44. The van der Waals surface area contributed by atoms with Crippen LogP contribution in [0.1, 0.15) is 15.9 Å². The highest BCUT2D eigenvalue weighted by Gasteiger charge is 2.07. The van der Waals surface area contributed by atoms with Crippen LogP contribution < -0.4 is 4.74 Å². The number of ether oxygens (including phenoxy) is 2. The zero-order valence-corrected chi connectivity index (χ0v) is 13.5. The van der Waals surface area contributed by atoms with Crippen molar-refractivity contribution >= 4 is 28.6 Å². The van der Waals surface area contributed by atoms with Crippen molar-refractivity contribution in [3.63, 3.8) is 0 Å². The molecule has 0 spiro atoms. The fourth-order valence-corrected chi connectivity index (χ4v) is 1.44. The minimum Gasteiger partial charge on any atom is -0.497 e. The van der Waals surface area contributed by atoms with E-state index in [1.54, 1.807) is 49.8 Å². The minimum absolute atomic E-state index is 0.221. The van der Waals surface area contributed by atoms with Gasteiger partial charge >= 0.3 is 5.97 Å². The summed E-state index contributed by atoms with van der Waals surface area (Å²) in [5, 5.41) is 0. The quantitative estimate of drug-likeness (QED) is 0.459. The normalized spacial score (nSPS) is 9.15. The van der Waals surface area contributed by atoms with Crippen molar-refractivity contribution in [2.45, 2.75) is 6.61 Å². The number of benzene rings is 1. The van der Waals surface area contributed by atoms with E-state index in [9.17, 15) is 4.79 Å². The molecule has 106 valence electrons. The molecule has 1 aromatic carbocycles. The first-order valence-corrected chi connectivity index (χ1v) is 8.03. The molecule has 0 aliphatic rings. The number of halogens is 1. The average molecular weight is 385 g/mol. The molecule has 1 aromatic heterocycles. The van der Waals surface area contributed by atoms with Crippen molar-refractivity contribution < 1.29 is 14.3 Å². The summed E-state index contributed by atoms with van der Waals surface area (Å²) in [5.41, 5.74) is 1.36. The molecule has 0 bridgehead atoms. The Bertz CT molecular complexity index is 514. The predicted molar refractivity (Wildman–Crippen MR) is 86.3 cm³/mol. The molecule has 2 rings (SSSR count). The molecule has 0 fully saturated rings. The van der Waals surface area contributed by atoms with Crippen molar-refractivity contribution in [3.05, 3.63) is 59.9 Å². The Morgan fingerprint density at radius 2 is 1.90 bits per heavy atom. The van der Waals surface area contributed by atoms with Gasteiger partial charge in [0.15, 0.2) is 0 Å². The summed E-state index contributed by atoms with van der Waals surface area (Å²) in [6, 6.07) is 10.4. The number of nitrogens with zero attached hydrogens (tertiary/aromatic N) is 1. The van der Waals surface area contributed by atoms with Crippen LogP contribution in [0.5, 0.6) is 5.75 Å². The Hall–Kier alpha value is -1.63. The molecular formula is C15H16INO3. The first-order chi connectivity index (χ1) is 9.79. The second kappa shape index (κ2) is 9.30. The SMILES string of the molecule is CI.COc1ccc(C(=O)OCc2cccnc2)cc1. The molecule has 20 heavy (non-hydrogen) atoms. The Kier molecular flexibility index (Phi) is 7.64. The van der Waals surface area contributed by atoms with Crippen molar-refractivity contribution in [1.82, 2.24) is 4.98 Å². The smallest absolute Gasteiger partial charge is 0.338 e. The van der Waals surface area contributed by atoms with E-state index in [0.717, 1.165) is 5.56 Å². The maximum absolute atomic E-state index is 11.7. The fraction of sp³-hybridized carbons (Fsp3) is 0.200. The zero-order valence-electron chi connectivity index (χ0n) is 11.4. The predicted octanol–water partition coefficient (Wildman–Crippen LogP) is 3.50. The van der Waals surface area contributed by atoms with Gasteiger partial charge in [-0.1, -0.05) is 28.7 Å². The largest absolute Gasteiger partial charge is 0.497 e. The third-order valence-electron chi connectivity index (χ3n) is 2.42. The lowest BCUT2D eigenvalue weighted by Crippen LogP contribution is -2.05. The Balaban J connectivity index is 0.000000956. The maximum Gasteiger partial charge on any atom is 0.338 e. The monoisotopic (exact) mass is 385 g/mol. The molecule has 5 heteroatoms. The molecule has 0 radical (unpaired) electrons. The Morgan fingerprint density at radius 3 is 2.45 bits per heavy atom. The van der Waals surface area contributed by atoms with Crippen LogP contribution in [0.4, 0.5) is 0 Å². The van der Waals surface area contributed by atoms with Crippen LogP contribution in [0.25, 0.3) is 0 Å². The topological polar surface area (TPSA) is 48.4 Å². The number of methoxy groups -OCH3 is 1. The summed E-state index contributed by atoms with van der Waals surface area (Å²) >= 11 is 2.15. The Labute approximate surface area is 132 Å². The van der Waals surface area contributed by atoms with Gasteiger partial charge in [-0.15, -0.1) is 0 Å². The van der Waals surface area contributed by atoms with Gasteiger partial charge < -0.3 is 9.47 Å². The number of alkyl halides is 1. The van der Waals surface area contributed by atoms with E-state index in [-0.39, 0.29) is 12.6 Å². The average Bonchev–Trinajstić information content (AvgIpc) is 2.55. The van der Waals surface area contributed by atoms with E-state index < -0.39 is 0 Å². The molecular weight excluding hydrogens is 369 g/mol. The Morgan fingerprint density at radius 1 is 1.20 bits per heavy atom. The van der Waals surface area contributed by atoms with Crippen molar-refractivity contribution in [3.8, 4) is 5.75 Å². The number of rotatable bonds is 4. The molecule has 0 aliphatic heterocycles. The number of pyridine rings is 1. The van der Waals surface area contributed by atoms with Gasteiger partial charge in [0.2, 0.25) is 0 Å². The number of aromatic nitrogens is 1. The van der Waals surface area contributed by atoms with E-state index in [1.807, 2.05) is 11.0 Å². The van der Waals surface area contributed by atoms with Gasteiger partial charge in [-0.3, -0.25) is 4.98 Å². The first kappa shape index (κ1) is 16.4. The lowest BCUT2D eigenvalue weighted by molar-refractivity contribution is 0.0472. The van der Waals surface area contributed by atoms with Gasteiger partial charge in [-0.25, -0.2) is 4.79 Å². The van der Waals surface area contributed by atoms with Crippen LogP contribution in [0.3, 0.4) is 0 Å². The van der Waals surface area contributed by atoms with Crippen LogP contribution in [-0.2, 0) is 11.3 Å². The molecule has 0 saturated heterocycles. The van der Waals surface area contributed by atoms with Crippen LogP contribution in [0, 0.1) is 0 Å². The van der Waals surface area contributed by atoms with E-state index in [1.165, 1.54) is 0 Å². The number of esters is 1. The summed E-state index contributed by atoms with van der Waals surface area (Å²) in [7, 11) is 1.58. The maximum atomic E-state index is 11.7. The highest BCUT2D eigenvalue weighted by molar-refractivity contribution is 14.1. The van der Waals surface area contributed by atoms with Gasteiger partial charge in [-0.2, -0.15) is 0 Å². The molecule has 2 aromatic rings. The van der Waals surface area contributed by atoms with Gasteiger partial charge in [0.25, 0.3) is 0 Å². The molecule has 0 aliphatic carbocycles. The lowest BCUT2D eigenvalue weighted by Gasteiger charge is -2.05. The number of hydrogen-bond donors (Lipinski definition) is 0. The molecule has 1 heterocycles. The molecule has 0 N–H and O–H groups in total. The van der Waals surface area contributed by atoms with E-state index in [2.05, 4.69) is 27.6 Å². The third kappa shape index (κ3) is 5.16. The summed E-state index contributed by atoms with van der Waals surface area (Å²) < 4.78 is 10.2.